The van der Waals surface area contributed by atoms with Gasteiger partial charge in [0.15, 0.2) is 9.84 Å². The average molecular weight is 301 g/mol. The third-order valence-electron chi connectivity index (χ3n) is 2.46. The van der Waals surface area contributed by atoms with Gasteiger partial charge in [-0.25, -0.2) is 8.42 Å². The second kappa shape index (κ2) is 7.55. The number of carbonyl (C=O) groups is 1. The van der Waals surface area contributed by atoms with E-state index in [0.717, 1.165) is 23.5 Å². The molecule has 0 bridgehead atoms. The lowest BCUT2D eigenvalue weighted by molar-refractivity contribution is -0.118. The molecule has 0 heterocycles. The monoisotopic (exact) mass is 301 g/mol. The molecule has 0 spiro atoms. The Kier molecular flexibility index (Phi) is 6.37. The van der Waals surface area contributed by atoms with Gasteiger partial charge in [-0.05, 0) is 29.9 Å². The molecule has 1 N–H and O–H groups in total. The normalized spacial score (nSPS) is 11.3. The van der Waals surface area contributed by atoms with Crippen molar-refractivity contribution < 1.29 is 13.2 Å². The largest absolute Gasteiger partial charge is 0.356 e. The van der Waals surface area contributed by atoms with Crippen LogP contribution in [-0.2, 0) is 20.4 Å². The number of hydrogen-bond donors (Lipinski definition) is 1. The Hall–Kier alpha value is -1.01. The molecular weight excluding hydrogens is 282 g/mol. The number of carbonyl (C=O) groups excluding carboxylic acids is 1. The molecule has 0 aliphatic heterocycles. The van der Waals surface area contributed by atoms with Gasteiger partial charge < -0.3 is 5.32 Å². The van der Waals surface area contributed by atoms with Crippen molar-refractivity contribution in [2.75, 3.05) is 18.6 Å². The minimum atomic E-state index is -3.11. The minimum Gasteiger partial charge on any atom is -0.356 e. The number of hydrogen-bond acceptors (Lipinski definition) is 4. The van der Waals surface area contributed by atoms with E-state index < -0.39 is 9.84 Å². The van der Waals surface area contributed by atoms with Crippen LogP contribution in [0.1, 0.15) is 18.9 Å². The maximum atomic E-state index is 11.3. The van der Waals surface area contributed by atoms with Crippen molar-refractivity contribution in [2.45, 2.75) is 24.0 Å². The molecule has 0 aromatic heterocycles. The molecule has 1 rings (SSSR count). The van der Waals surface area contributed by atoms with E-state index in [1.807, 2.05) is 12.1 Å². The molecular formula is C13H19NO3S2. The minimum absolute atomic E-state index is 0.00126. The molecule has 0 unspecified atom stereocenters. The SMILES string of the molecule is CC(=O)NCCCSCc1ccc(S(C)(=O)=O)cc1. The van der Waals surface area contributed by atoms with Gasteiger partial charge in [-0.2, -0.15) is 11.8 Å². The lowest BCUT2D eigenvalue weighted by Crippen LogP contribution is -2.21. The quantitative estimate of drug-likeness (QED) is 0.781. The van der Waals surface area contributed by atoms with Crippen LogP contribution in [-0.4, -0.2) is 32.9 Å². The molecule has 6 heteroatoms. The number of sulfone groups is 1. The van der Waals surface area contributed by atoms with Crippen LogP contribution in [0.5, 0.6) is 0 Å². The van der Waals surface area contributed by atoms with Gasteiger partial charge in [-0.15, -0.1) is 0 Å². The van der Waals surface area contributed by atoms with Gasteiger partial charge in [0.25, 0.3) is 0 Å². The van der Waals surface area contributed by atoms with Crippen molar-refractivity contribution in [3.8, 4) is 0 Å². The third-order valence-corrected chi connectivity index (χ3v) is 4.70. The van der Waals surface area contributed by atoms with Crippen LogP contribution in [0.2, 0.25) is 0 Å². The predicted octanol–water partition coefficient (Wildman–Crippen LogP) is 1.85. The van der Waals surface area contributed by atoms with Crippen LogP contribution < -0.4 is 5.32 Å². The number of nitrogens with one attached hydrogen (secondary N) is 1. The second-order valence-electron chi connectivity index (χ2n) is 4.31. The molecule has 0 saturated heterocycles. The summed E-state index contributed by atoms with van der Waals surface area (Å²) in [5.41, 5.74) is 1.11. The number of thioether (sulfide) groups is 1. The topological polar surface area (TPSA) is 63.2 Å². The Bertz CT molecular complexity index is 509. The summed E-state index contributed by atoms with van der Waals surface area (Å²) in [4.78, 5) is 11.0. The smallest absolute Gasteiger partial charge is 0.216 e. The summed E-state index contributed by atoms with van der Waals surface area (Å²) in [5.74, 6) is 1.82. The zero-order valence-electron chi connectivity index (χ0n) is 11.2. The van der Waals surface area contributed by atoms with E-state index in [2.05, 4.69) is 5.32 Å². The maximum Gasteiger partial charge on any atom is 0.216 e. The molecule has 0 aliphatic rings. The highest BCUT2D eigenvalue weighted by Gasteiger charge is 2.05. The van der Waals surface area contributed by atoms with E-state index in [1.54, 1.807) is 23.9 Å². The summed E-state index contributed by atoms with van der Waals surface area (Å²) >= 11 is 1.77. The average Bonchev–Trinajstić information content (AvgIpc) is 2.32. The Morgan fingerprint density at radius 3 is 2.42 bits per heavy atom. The Labute approximate surface area is 118 Å². The van der Waals surface area contributed by atoms with Gasteiger partial charge >= 0.3 is 0 Å². The van der Waals surface area contributed by atoms with Crippen LogP contribution in [0.25, 0.3) is 0 Å². The van der Waals surface area contributed by atoms with E-state index in [9.17, 15) is 13.2 Å². The summed E-state index contributed by atoms with van der Waals surface area (Å²) in [6, 6.07) is 6.97. The molecule has 1 aromatic rings. The molecule has 0 saturated carbocycles. The standard InChI is InChI=1S/C13H19NO3S2/c1-11(15)14-8-3-9-18-10-12-4-6-13(7-5-12)19(2,16)17/h4-7H,3,8-10H2,1-2H3,(H,14,15). The van der Waals surface area contributed by atoms with Gasteiger partial charge in [0, 0.05) is 25.5 Å². The van der Waals surface area contributed by atoms with Gasteiger partial charge in [0.2, 0.25) is 5.91 Å². The lowest BCUT2D eigenvalue weighted by Gasteiger charge is -2.04. The number of amides is 1. The molecule has 1 aromatic carbocycles. The molecule has 0 aliphatic carbocycles. The molecule has 19 heavy (non-hydrogen) atoms. The van der Waals surface area contributed by atoms with Crippen LogP contribution in [0.15, 0.2) is 29.2 Å². The highest BCUT2D eigenvalue weighted by atomic mass is 32.2. The maximum absolute atomic E-state index is 11.3. The molecule has 4 nitrogen and oxygen atoms in total. The third kappa shape index (κ3) is 6.63. The van der Waals surface area contributed by atoms with E-state index >= 15 is 0 Å². The van der Waals surface area contributed by atoms with Gasteiger partial charge in [0.05, 0.1) is 4.90 Å². The van der Waals surface area contributed by atoms with Gasteiger partial charge in [-0.3, -0.25) is 4.79 Å². The van der Waals surface area contributed by atoms with Crippen LogP contribution >= 0.6 is 11.8 Å². The van der Waals surface area contributed by atoms with E-state index in [4.69, 9.17) is 0 Å². The first-order chi connectivity index (χ1) is 8.89. The second-order valence-corrected chi connectivity index (χ2v) is 7.43. The lowest BCUT2D eigenvalue weighted by atomic mass is 10.2. The summed E-state index contributed by atoms with van der Waals surface area (Å²) in [5, 5.41) is 2.75. The summed E-state index contributed by atoms with van der Waals surface area (Å²) in [6.45, 7) is 2.21. The van der Waals surface area contributed by atoms with Crippen molar-refractivity contribution in [1.82, 2.24) is 5.32 Å². The fraction of sp³-hybridized carbons (Fsp3) is 0.462. The fourth-order valence-electron chi connectivity index (χ4n) is 1.46. The summed E-state index contributed by atoms with van der Waals surface area (Å²) < 4.78 is 22.6. The predicted molar refractivity (Wildman–Crippen MR) is 79.0 cm³/mol. The first-order valence-corrected chi connectivity index (χ1v) is 9.05. The highest BCUT2D eigenvalue weighted by molar-refractivity contribution is 7.98. The highest BCUT2D eigenvalue weighted by Crippen LogP contribution is 2.16. The first kappa shape index (κ1) is 16.0. The van der Waals surface area contributed by atoms with E-state index in [1.165, 1.54) is 13.2 Å². The van der Waals surface area contributed by atoms with Gasteiger partial charge in [-0.1, -0.05) is 12.1 Å². The fourth-order valence-corrected chi connectivity index (χ4v) is 3.01. The summed E-state index contributed by atoms with van der Waals surface area (Å²) in [6.07, 6.45) is 2.14. The number of rotatable bonds is 7. The van der Waals surface area contributed by atoms with E-state index in [-0.39, 0.29) is 5.91 Å². The summed E-state index contributed by atoms with van der Waals surface area (Å²) in [7, 11) is -3.11. The van der Waals surface area contributed by atoms with Crippen molar-refractivity contribution in [3.63, 3.8) is 0 Å². The van der Waals surface area contributed by atoms with Crippen LogP contribution in [0, 0.1) is 0 Å². The molecule has 0 fully saturated rings. The van der Waals surface area contributed by atoms with Crippen LogP contribution in [0.4, 0.5) is 0 Å². The Morgan fingerprint density at radius 2 is 1.89 bits per heavy atom. The first-order valence-electron chi connectivity index (χ1n) is 6.01. The van der Waals surface area contributed by atoms with Crippen LogP contribution in [0.3, 0.4) is 0 Å². The Balaban J connectivity index is 2.29. The van der Waals surface area contributed by atoms with Crippen molar-refractivity contribution >= 4 is 27.5 Å². The molecule has 0 radical (unpaired) electrons. The van der Waals surface area contributed by atoms with E-state index in [0.29, 0.717) is 11.4 Å². The molecule has 106 valence electrons. The number of benzene rings is 1. The van der Waals surface area contributed by atoms with Gasteiger partial charge in [0.1, 0.15) is 0 Å². The van der Waals surface area contributed by atoms with Crippen molar-refractivity contribution in [2.24, 2.45) is 0 Å². The zero-order chi connectivity index (χ0) is 14.3. The van der Waals surface area contributed by atoms with Crippen molar-refractivity contribution in [1.29, 1.82) is 0 Å². The van der Waals surface area contributed by atoms with Crippen molar-refractivity contribution in [3.05, 3.63) is 29.8 Å². The Morgan fingerprint density at radius 1 is 1.26 bits per heavy atom. The zero-order valence-corrected chi connectivity index (χ0v) is 12.8. The molecule has 1 amide bonds. The molecule has 0 atom stereocenters.